The highest BCUT2D eigenvalue weighted by molar-refractivity contribution is 5.79. The van der Waals surface area contributed by atoms with Crippen LogP contribution in [0.5, 0.6) is 0 Å². The summed E-state index contributed by atoms with van der Waals surface area (Å²) >= 11 is 0. The summed E-state index contributed by atoms with van der Waals surface area (Å²) in [5.74, 6) is 1.56. The van der Waals surface area contributed by atoms with Crippen LogP contribution >= 0.6 is 0 Å². The van der Waals surface area contributed by atoms with Crippen LogP contribution in [0, 0.1) is 5.92 Å². The Kier molecular flexibility index (Phi) is 3.17. The third-order valence-electron chi connectivity index (χ3n) is 3.98. The van der Waals surface area contributed by atoms with Crippen molar-refractivity contribution >= 4 is 11.7 Å². The minimum atomic E-state index is 0.258. The normalized spacial score (nSPS) is 23.8. The Bertz CT molecular complexity index is 416. The number of nitrogens with one attached hydrogen (secondary N) is 1. The molecule has 0 unspecified atom stereocenters. The van der Waals surface area contributed by atoms with Crippen LogP contribution in [0.25, 0.3) is 0 Å². The monoisotopic (exact) mass is 245 g/mol. The number of rotatable bonds is 3. The summed E-state index contributed by atoms with van der Waals surface area (Å²) in [6, 6.07) is 6.24. The number of amides is 1. The zero-order valence-corrected chi connectivity index (χ0v) is 10.5. The Labute approximate surface area is 107 Å². The molecule has 0 bridgehead atoms. The SMILES string of the molecule is O=C(N[C@@H]1CCN(c2ccccn2)C1)C1CCC1. The minimum absolute atomic E-state index is 0.258. The maximum Gasteiger partial charge on any atom is 0.223 e. The van der Waals surface area contributed by atoms with Crippen LogP contribution in [-0.2, 0) is 4.79 Å². The molecule has 3 rings (SSSR count). The highest BCUT2D eigenvalue weighted by atomic mass is 16.2. The second kappa shape index (κ2) is 4.96. The van der Waals surface area contributed by atoms with E-state index in [1.54, 1.807) is 0 Å². The Morgan fingerprint density at radius 2 is 2.22 bits per heavy atom. The van der Waals surface area contributed by atoms with E-state index in [9.17, 15) is 4.79 Å². The predicted molar refractivity (Wildman–Crippen MR) is 70.3 cm³/mol. The van der Waals surface area contributed by atoms with Crippen molar-refractivity contribution in [2.24, 2.45) is 5.92 Å². The molecule has 2 fully saturated rings. The summed E-state index contributed by atoms with van der Waals surface area (Å²) in [4.78, 5) is 18.5. The van der Waals surface area contributed by atoms with Crippen molar-refractivity contribution in [3.05, 3.63) is 24.4 Å². The van der Waals surface area contributed by atoms with Crippen molar-refractivity contribution in [1.29, 1.82) is 0 Å². The second-order valence-electron chi connectivity index (χ2n) is 5.26. The summed E-state index contributed by atoms with van der Waals surface area (Å²) in [5.41, 5.74) is 0. The van der Waals surface area contributed by atoms with E-state index < -0.39 is 0 Å². The zero-order valence-electron chi connectivity index (χ0n) is 10.5. The molecule has 18 heavy (non-hydrogen) atoms. The molecule has 0 aromatic carbocycles. The number of hydrogen-bond donors (Lipinski definition) is 1. The van der Waals surface area contributed by atoms with Gasteiger partial charge in [-0.1, -0.05) is 12.5 Å². The van der Waals surface area contributed by atoms with E-state index in [1.807, 2.05) is 24.4 Å². The molecule has 4 heteroatoms. The lowest BCUT2D eigenvalue weighted by Crippen LogP contribution is -2.42. The second-order valence-corrected chi connectivity index (χ2v) is 5.26. The lowest BCUT2D eigenvalue weighted by molar-refractivity contribution is -0.127. The van der Waals surface area contributed by atoms with Crippen LogP contribution in [0.3, 0.4) is 0 Å². The number of pyridine rings is 1. The first-order chi connectivity index (χ1) is 8.83. The maximum atomic E-state index is 11.9. The quantitative estimate of drug-likeness (QED) is 0.879. The van der Waals surface area contributed by atoms with Crippen molar-refractivity contribution in [3.8, 4) is 0 Å². The molecule has 96 valence electrons. The number of nitrogens with zero attached hydrogens (tertiary/aromatic N) is 2. The molecule has 1 saturated heterocycles. The van der Waals surface area contributed by atoms with Gasteiger partial charge in [0.2, 0.25) is 5.91 Å². The fraction of sp³-hybridized carbons (Fsp3) is 0.571. The van der Waals surface area contributed by atoms with E-state index in [1.165, 1.54) is 6.42 Å². The molecule has 1 atom stereocenters. The summed E-state index contributed by atoms with van der Waals surface area (Å²) in [6.45, 7) is 1.86. The summed E-state index contributed by atoms with van der Waals surface area (Å²) in [7, 11) is 0. The fourth-order valence-corrected chi connectivity index (χ4v) is 2.62. The first-order valence-electron chi connectivity index (χ1n) is 6.79. The number of hydrogen-bond acceptors (Lipinski definition) is 3. The number of carbonyl (C=O) groups is 1. The van der Waals surface area contributed by atoms with E-state index in [4.69, 9.17) is 0 Å². The topological polar surface area (TPSA) is 45.2 Å². The molecule has 1 amide bonds. The number of anilines is 1. The lowest BCUT2D eigenvalue weighted by atomic mass is 9.84. The van der Waals surface area contributed by atoms with Crippen LogP contribution in [0.1, 0.15) is 25.7 Å². The molecule has 1 N–H and O–H groups in total. The first-order valence-corrected chi connectivity index (χ1v) is 6.79. The number of aromatic nitrogens is 1. The van der Waals surface area contributed by atoms with E-state index >= 15 is 0 Å². The first kappa shape index (κ1) is 11.5. The molecule has 1 aliphatic heterocycles. The Hall–Kier alpha value is -1.58. The minimum Gasteiger partial charge on any atom is -0.354 e. The van der Waals surface area contributed by atoms with Gasteiger partial charge in [-0.3, -0.25) is 4.79 Å². The molecule has 1 saturated carbocycles. The van der Waals surface area contributed by atoms with Crippen molar-refractivity contribution in [2.75, 3.05) is 18.0 Å². The molecule has 0 radical (unpaired) electrons. The largest absolute Gasteiger partial charge is 0.354 e. The van der Waals surface area contributed by atoms with Crippen LogP contribution < -0.4 is 10.2 Å². The molecule has 1 aliphatic carbocycles. The molecule has 0 spiro atoms. The van der Waals surface area contributed by atoms with Crippen molar-refractivity contribution in [1.82, 2.24) is 10.3 Å². The van der Waals surface area contributed by atoms with Crippen LogP contribution in [0.2, 0.25) is 0 Å². The molecular formula is C14H19N3O. The molecule has 2 heterocycles. The third-order valence-corrected chi connectivity index (χ3v) is 3.98. The Morgan fingerprint density at radius 3 is 2.89 bits per heavy atom. The van der Waals surface area contributed by atoms with Gasteiger partial charge in [-0.15, -0.1) is 0 Å². The lowest BCUT2D eigenvalue weighted by Gasteiger charge is -2.26. The standard InChI is InChI=1S/C14H19N3O/c18-14(11-4-3-5-11)16-12-7-9-17(10-12)13-6-1-2-8-15-13/h1-2,6,8,11-12H,3-5,7,9-10H2,(H,16,18)/t12-/m1/s1. The van der Waals surface area contributed by atoms with Crippen LogP contribution in [0.15, 0.2) is 24.4 Å². The van der Waals surface area contributed by atoms with E-state index in [0.29, 0.717) is 6.04 Å². The van der Waals surface area contributed by atoms with Crippen LogP contribution in [-0.4, -0.2) is 30.0 Å². The van der Waals surface area contributed by atoms with Gasteiger partial charge < -0.3 is 10.2 Å². The molecule has 1 aromatic heterocycles. The van der Waals surface area contributed by atoms with Crippen molar-refractivity contribution in [3.63, 3.8) is 0 Å². The smallest absolute Gasteiger partial charge is 0.223 e. The Morgan fingerprint density at radius 1 is 1.33 bits per heavy atom. The zero-order chi connectivity index (χ0) is 12.4. The van der Waals surface area contributed by atoms with E-state index in [0.717, 1.165) is 38.2 Å². The molecule has 2 aliphatic rings. The molecule has 4 nitrogen and oxygen atoms in total. The van der Waals surface area contributed by atoms with E-state index in [-0.39, 0.29) is 11.8 Å². The average Bonchev–Trinajstić information content (AvgIpc) is 2.76. The summed E-state index contributed by atoms with van der Waals surface area (Å²) in [5, 5.41) is 3.17. The van der Waals surface area contributed by atoms with Crippen LogP contribution in [0.4, 0.5) is 5.82 Å². The van der Waals surface area contributed by atoms with Gasteiger partial charge in [0.15, 0.2) is 0 Å². The third kappa shape index (κ3) is 2.33. The fourth-order valence-electron chi connectivity index (χ4n) is 2.62. The van der Waals surface area contributed by atoms with Gasteiger partial charge in [0.25, 0.3) is 0 Å². The van der Waals surface area contributed by atoms with Gasteiger partial charge in [-0.2, -0.15) is 0 Å². The molecular weight excluding hydrogens is 226 g/mol. The highest BCUT2D eigenvalue weighted by Crippen LogP contribution is 2.27. The van der Waals surface area contributed by atoms with Gasteiger partial charge in [-0.05, 0) is 31.4 Å². The molecule has 1 aromatic rings. The van der Waals surface area contributed by atoms with Gasteiger partial charge in [-0.25, -0.2) is 4.98 Å². The van der Waals surface area contributed by atoms with Crippen molar-refractivity contribution < 1.29 is 4.79 Å². The Balaban J connectivity index is 1.53. The van der Waals surface area contributed by atoms with Gasteiger partial charge in [0.1, 0.15) is 5.82 Å². The van der Waals surface area contributed by atoms with Gasteiger partial charge in [0.05, 0.1) is 0 Å². The van der Waals surface area contributed by atoms with E-state index in [2.05, 4.69) is 15.2 Å². The number of carbonyl (C=O) groups excluding carboxylic acids is 1. The maximum absolute atomic E-state index is 11.9. The van der Waals surface area contributed by atoms with Gasteiger partial charge in [0, 0.05) is 31.2 Å². The highest BCUT2D eigenvalue weighted by Gasteiger charge is 2.30. The average molecular weight is 245 g/mol. The predicted octanol–water partition coefficient (Wildman–Crippen LogP) is 1.58. The van der Waals surface area contributed by atoms with Gasteiger partial charge >= 0.3 is 0 Å². The van der Waals surface area contributed by atoms with Crippen molar-refractivity contribution in [2.45, 2.75) is 31.7 Å². The summed E-state index contributed by atoms with van der Waals surface area (Å²) < 4.78 is 0. The summed E-state index contributed by atoms with van der Waals surface area (Å²) in [6.07, 6.45) is 6.19.